The van der Waals surface area contributed by atoms with Gasteiger partial charge in [-0.05, 0) is 175 Å². The summed E-state index contributed by atoms with van der Waals surface area (Å²) in [5.74, 6) is 7.10. The van der Waals surface area contributed by atoms with Crippen LogP contribution >= 0.6 is 0 Å². The molecule has 8 heteroatoms. The third-order valence-electron chi connectivity index (χ3n) is 14.5. The highest BCUT2D eigenvalue weighted by Crippen LogP contribution is 2.29. The molecule has 0 bridgehead atoms. The molecular formula is C85H84F3N3OSi. The second kappa shape index (κ2) is 38.7. The molecule has 0 saturated heterocycles. The van der Waals surface area contributed by atoms with Crippen LogP contribution in [-0.4, -0.2) is 13.1 Å². The summed E-state index contributed by atoms with van der Waals surface area (Å²) in [6.45, 7) is 24.3. The van der Waals surface area contributed by atoms with Crippen LogP contribution in [0.4, 0.5) is 13.2 Å². The van der Waals surface area contributed by atoms with Crippen molar-refractivity contribution in [1.82, 2.24) is 4.98 Å². The van der Waals surface area contributed by atoms with Crippen molar-refractivity contribution in [2.45, 2.75) is 94.3 Å². The number of para-hydroxylation sites is 1. The number of pyridine rings is 1. The first kappa shape index (κ1) is 74.7. The topological polar surface area (TPSA) is 69.7 Å². The summed E-state index contributed by atoms with van der Waals surface area (Å²) in [5.41, 5.74) is 12.7. The Morgan fingerprint density at radius 1 is 0.398 bits per heavy atom. The Kier molecular flexibility index (Phi) is 31.1. The molecule has 0 aliphatic rings. The van der Waals surface area contributed by atoms with Gasteiger partial charge in [0.25, 0.3) is 0 Å². The lowest BCUT2D eigenvalue weighted by molar-refractivity contribution is -0.137. The number of alkyl halides is 3. The largest absolute Gasteiger partial charge is 0.457 e. The molecule has 0 aliphatic heterocycles. The Bertz CT molecular complexity index is 4040. The summed E-state index contributed by atoms with van der Waals surface area (Å²) in [7, 11) is -1.88. The number of halogens is 3. The number of nitriles is 2. The molecule has 4 nitrogen and oxygen atoms in total. The Labute approximate surface area is 553 Å². The average molecular weight is 1250 g/mol. The van der Waals surface area contributed by atoms with Gasteiger partial charge < -0.3 is 4.74 Å². The van der Waals surface area contributed by atoms with Gasteiger partial charge in [0.05, 0.1) is 39.9 Å². The molecule has 470 valence electrons. The molecule has 0 amide bonds. The fourth-order valence-corrected chi connectivity index (χ4v) is 12.5. The molecule has 0 spiro atoms. The van der Waals surface area contributed by atoms with Crippen molar-refractivity contribution in [3.63, 3.8) is 0 Å². The van der Waals surface area contributed by atoms with Crippen LogP contribution in [-0.2, 0) is 11.6 Å². The Hall–Kier alpha value is -10.7. The number of benzene rings is 10. The van der Waals surface area contributed by atoms with Crippen LogP contribution < -0.4 is 20.3 Å². The maximum absolute atomic E-state index is 12.0. The Balaban J connectivity index is 0.000000231. The maximum Gasteiger partial charge on any atom is 0.416 e. The van der Waals surface area contributed by atoms with E-state index < -0.39 is 19.8 Å². The lowest BCUT2D eigenvalue weighted by atomic mass is 9.85. The van der Waals surface area contributed by atoms with Crippen molar-refractivity contribution in [2.24, 2.45) is 0 Å². The second-order valence-electron chi connectivity index (χ2n) is 22.7. The smallest absolute Gasteiger partial charge is 0.416 e. The minimum Gasteiger partial charge on any atom is -0.457 e. The maximum atomic E-state index is 12.0. The zero-order valence-electron chi connectivity index (χ0n) is 55.6. The van der Waals surface area contributed by atoms with E-state index in [1.807, 2.05) is 131 Å². The highest BCUT2D eigenvalue weighted by Gasteiger charge is 2.33. The standard InChI is InChI=1S/C19H18Si.C13H12O.C12H14.C9H9N.C8H7F3.2C8H7N.C8H10/c1-20(17-11-5-2-6-12-17,18-13-7-3-8-14-18)19-15-9-4-10-16-19;1-11-6-5-9-13(10-11)14-12-7-3-2-4-8-12;1-5-12(3,4)11-8-6-10(2)7-9-11;1-4-9-6-5-7(2)10-8(9)3;1-6-3-2-4-7(5-6)8(9,10)11;1-7-3-2-4-8(5-7)6-9;1-7-4-2-3-5-8(7)6-9;1-7-3-5-8(2)6-4-7/h2-16H,1H3;2-10H,1H3;1,6-9H,2-4H3;1,5-6H,2-3H3;2-5H,1H3;2*2-5H,1H3;3-6H,1-2H3. The second-order valence-corrected chi connectivity index (χ2v) is 26.7. The lowest BCUT2D eigenvalue weighted by Gasteiger charge is -2.29. The summed E-state index contributed by atoms with van der Waals surface area (Å²) in [4.78, 5) is 4.20. The van der Waals surface area contributed by atoms with Crippen LogP contribution in [0.1, 0.15) is 92.0 Å². The van der Waals surface area contributed by atoms with Crippen LogP contribution in [0.15, 0.2) is 279 Å². The molecular weight excluding hydrogens is 1160 g/mol. The SMILES string of the molecule is C#CC(C)(C)c1ccc(C)cc1.C#Cc1ccc(C)nc1C.C[Si](c1ccccc1)(c1ccccc1)c1ccccc1.Cc1ccc(C)cc1.Cc1cccc(C#N)c1.Cc1cccc(C(F)(F)F)c1.Cc1cccc(Oc2ccccc2)c1.Cc1ccccc1C#N. The van der Waals surface area contributed by atoms with Gasteiger partial charge in [-0.15, -0.1) is 12.8 Å². The van der Waals surface area contributed by atoms with Crippen molar-refractivity contribution in [2.75, 3.05) is 0 Å². The van der Waals surface area contributed by atoms with Gasteiger partial charge in [0, 0.05) is 11.3 Å². The summed E-state index contributed by atoms with van der Waals surface area (Å²) >= 11 is 0. The van der Waals surface area contributed by atoms with Gasteiger partial charge in [0.15, 0.2) is 0 Å². The Morgan fingerprint density at radius 2 is 0.817 bits per heavy atom. The summed E-state index contributed by atoms with van der Waals surface area (Å²) in [6, 6.07) is 95.7. The number of hydrogen-bond donors (Lipinski definition) is 0. The van der Waals surface area contributed by atoms with E-state index in [0.717, 1.165) is 62.8 Å². The van der Waals surface area contributed by atoms with E-state index in [1.54, 1.807) is 19.1 Å². The van der Waals surface area contributed by atoms with E-state index in [4.69, 9.17) is 28.1 Å². The quantitative estimate of drug-likeness (QED) is 0.0945. The number of ether oxygens (including phenoxy) is 1. The fraction of sp³-hybridized carbons (Fsp3) is 0.165. The number of rotatable bonds is 6. The van der Waals surface area contributed by atoms with Crippen molar-refractivity contribution in [3.8, 4) is 48.3 Å². The summed E-state index contributed by atoms with van der Waals surface area (Å²) in [6.07, 6.45) is 6.42. The molecule has 0 N–H and O–H groups in total. The van der Waals surface area contributed by atoms with Gasteiger partial charge in [0.2, 0.25) is 0 Å². The van der Waals surface area contributed by atoms with Gasteiger partial charge >= 0.3 is 6.18 Å². The van der Waals surface area contributed by atoms with Gasteiger partial charge in [-0.2, -0.15) is 23.7 Å². The Morgan fingerprint density at radius 3 is 1.19 bits per heavy atom. The first-order valence-corrected chi connectivity index (χ1v) is 32.9. The minimum absolute atomic E-state index is 0.145. The number of hydrogen-bond acceptors (Lipinski definition) is 4. The minimum atomic E-state index is -4.22. The van der Waals surface area contributed by atoms with E-state index in [9.17, 15) is 13.2 Å². The third-order valence-corrected chi connectivity index (χ3v) is 19.0. The predicted octanol–water partition coefficient (Wildman–Crippen LogP) is 20.2. The zero-order valence-corrected chi connectivity index (χ0v) is 56.6. The van der Waals surface area contributed by atoms with E-state index in [-0.39, 0.29) is 5.41 Å². The summed E-state index contributed by atoms with van der Waals surface area (Å²) in [5, 5.41) is 21.2. The van der Waals surface area contributed by atoms with Gasteiger partial charge in [-0.1, -0.05) is 259 Å². The molecule has 0 atom stereocenters. The lowest BCUT2D eigenvalue weighted by Crippen LogP contribution is -2.64. The molecule has 0 radical (unpaired) electrons. The number of terminal acetylenes is 2. The van der Waals surface area contributed by atoms with Gasteiger partial charge in [0.1, 0.15) is 19.6 Å². The molecule has 0 fully saturated rings. The highest BCUT2D eigenvalue weighted by atomic mass is 28.3. The molecule has 0 saturated carbocycles. The van der Waals surface area contributed by atoms with Crippen molar-refractivity contribution >= 4 is 23.6 Å². The van der Waals surface area contributed by atoms with Crippen LogP contribution in [0, 0.1) is 110 Å². The number of aryl methyl sites for hydroxylation is 9. The average Bonchev–Trinajstić information content (AvgIpc) is 0.859. The molecule has 0 aliphatic carbocycles. The monoisotopic (exact) mass is 1250 g/mol. The first-order valence-electron chi connectivity index (χ1n) is 30.4. The van der Waals surface area contributed by atoms with Crippen molar-refractivity contribution < 1.29 is 17.9 Å². The van der Waals surface area contributed by atoms with Crippen molar-refractivity contribution in [1.29, 1.82) is 10.5 Å². The van der Waals surface area contributed by atoms with Crippen LogP contribution in [0.2, 0.25) is 6.55 Å². The zero-order chi connectivity index (χ0) is 68.2. The number of aromatic nitrogens is 1. The van der Waals surface area contributed by atoms with Crippen LogP contribution in [0.3, 0.4) is 0 Å². The normalized spacial score (nSPS) is 10.1. The van der Waals surface area contributed by atoms with Gasteiger partial charge in [-0.3, -0.25) is 4.98 Å². The fourth-order valence-electron chi connectivity index (χ4n) is 8.88. The summed E-state index contributed by atoms with van der Waals surface area (Å²) < 4.78 is 41.6. The molecule has 93 heavy (non-hydrogen) atoms. The molecule has 1 heterocycles. The molecule has 10 aromatic carbocycles. The van der Waals surface area contributed by atoms with E-state index in [0.29, 0.717) is 5.56 Å². The van der Waals surface area contributed by atoms with Crippen LogP contribution in [0.25, 0.3) is 0 Å². The highest BCUT2D eigenvalue weighted by molar-refractivity contribution is 7.10. The first-order chi connectivity index (χ1) is 44.4. The molecule has 11 rings (SSSR count). The third kappa shape index (κ3) is 26.7. The molecule has 1 aromatic heterocycles. The molecule has 0 unspecified atom stereocenters. The van der Waals surface area contributed by atoms with Crippen LogP contribution in [0.5, 0.6) is 11.5 Å². The predicted molar refractivity (Wildman–Crippen MR) is 386 cm³/mol. The number of nitrogens with zero attached hydrogens (tertiary/aromatic N) is 3. The van der Waals surface area contributed by atoms with E-state index in [2.05, 4.69) is 223 Å². The van der Waals surface area contributed by atoms with E-state index >= 15 is 0 Å². The van der Waals surface area contributed by atoms with Crippen molar-refractivity contribution in [3.05, 3.63) is 357 Å². The van der Waals surface area contributed by atoms with E-state index in [1.165, 1.54) is 49.4 Å². The molecule has 11 aromatic rings. The van der Waals surface area contributed by atoms with Gasteiger partial charge in [-0.25, -0.2) is 0 Å².